The Labute approximate surface area is 108 Å². The monoisotopic (exact) mass is 243 g/mol. The van der Waals surface area contributed by atoms with Crippen molar-refractivity contribution in [3.05, 3.63) is 30.1 Å². The highest BCUT2D eigenvalue weighted by molar-refractivity contribution is 5.75. The van der Waals surface area contributed by atoms with E-state index in [1.54, 1.807) is 0 Å². The van der Waals surface area contributed by atoms with Gasteiger partial charge in [0.15, 0.2) is 0 Å². The van der Waals surface area contributed by atoms with Crippen LogP contribution in [-0.4, -0.2) is 15.6 Å². The highest BCUT2D eigenvalue weighted by atomic mass is 15.1. The first-order valence-electron chi connectivity index (χ1n) is 6.97. The fourth-order valence-corrected chi connectivity index (χ4v) is 3.19. The van der Waals surface area contributed by atoms with Crippen molar-refractivity contribution in [1.29, 1.82) is 0 Å². The number of hydrogen-bond acceptors (Lipinski definition) is 2. The van der Waals surface area contributed by atoms with Gasteiger partial charge in [0, 0.05) is 19.0 Å². The number of aromatic nitrogens is 2. The summed E-state index contributed by atoms with van der Waals surface area (Å²) in [7, 11) is 0. The lowest BCUT2D eigenvalue weighted by Crippen LogP contribution is -2.16. The molecule has 1 fully saturated rings. The molecule has 0 spiro atoms. The molecular weight excluding hydrogens is 222 g/mol. The Kier molecular flexibility index (Phi) is 3.08. The molecule has 3 rings (SSSR count). The Bertz CT molecular complexity index is 544. The fourth-order valence-electron chi connectivity index (χ4n) is 3.19. The first kappa shape index (κ1) is 11.7. The third kappa shape index (κ3) is 2.03. The van der Waals surface area contributed by atoms with E-state index >= 15 is 0 Å². The fraction of sp³-hybridized carbons (Fsp3) is 0.533. The summed E-state index contributed by atoms with van der Waals surface area (Å²) in [5.41, 5.74) is 8.38. The van der Waals surface area contributed by atoms with Crippen molar-refractivity contribution in [3.63, 3.8) is 0 Å². The second-order valence-electron chi connectivity index (χ2n) is 5.40. The molecule has 2 aromatic rings. The Morgan fingerprint density at radius 3 is 2.89 bits per heavy atom. The van der Waals surface area contributed by atoms with Crippen LogP contribution >= 0.6 is 0 Å². The number of rotatable bonds is 3. The zero-order chi connectivity index (χ0) is 12.5. The summed E-state index contributed by atoms with van der Waals surface area (Å²) in [4.78, 5) is 4.79. The van der Waals surface area contributed by atoms with Gasteiger partial charge < -0.3 is 10.3 Å². The molecule has 2 atom stereocenters. The SMILES string of the molecule is CCn1c(CC2CCC(N)C2)nc2ccccc21. The molecule has 0 aliphatic heterocycles. The first-order chi connectivity index (χ1) is 8.78. The molecule has 3 heteroatoms. The van der Waals surface area contributed by atoms with Crippen LogP contribution in [0.25, 0.3) is 11.0 Å². The van der Waals surface area contributed by atoms with Crippen LogP contribution in [0.2, 0.25) is 0 Å². The van der Waals surface area contributed by atoms with Gasteiger partial charge in [-0.3, -0.25) is 0 Å². The molecule has 2 unspecified atom stereocenters. The van der Waals surface area contributed by atoms with E-state index in [-0.39, 0.29) is 0 Å². The van der Waals surface area contributed by atoms with Crippen LogP contribution in [0, 0.1) is 5.92 Å². The highest BCUT2D eigenvalue weighted by Crippen LogP contribution is 2.28. The summed E-state index contributed by atoms with van der Waals surface area (Å²) in [6.45, 7) is 3.19. The van der Waals surface area contributed by atoms with Gasteiger partial charge in [-0.15, -0.1) is 0 Å². The van der Waals surface area contributed by atoms with Gasteiger partial charge in [0.2, 0.25) is 0 Å². The third-order valence-electron chi connectivity index (χ3n) is 4.10. The maximum Gasteiger partial charge on any atom is 0.110 e. The molecule has 0 radical (unpaired) electrons. The summed E-state index contributed by atoms with van der Waals surface area (Å²) in [6.07, 6.45) is 4.67. The second-order valence-corrected chi connectivity index (χ2v) is 5.40. The normalized spacial score (nSPS) is 23.9. The van der Waals surface area contributed by atoms with Crippen molar-refractivity contribution in [3.8, 4) is 0 Å². The van der Waals surface area contributed by atoms with Crippen molar-refractivity contribution in [2.45, 2.75) is 45.2 Å². The highest BCUT2D eigenvalue weighted by Gasteiger charge is 2.23. The summed E-state index contributed by atoms with van der Waals surface area (Å²) in [5.74, 6) is 1.96. The molecule has 1 aliphatic rings. The number of aryl methyl sites for hydroxylation is 1. The van der Waals surface area contributed by atoms with Crippen LogP contribution in [0.3, 0.4) is 0 Å². The Hall–Kier alpha value is -1.35. The van der Waals surface area contributed by atoms with Crippen LogP contribution in [0.15, 0.2) is 24.3 Å². The standard InChI is InChI=1S/C15H21N3/c1-2-18-14-6-4-3-5-13(14)17-15(18)10-11-7-8-12(16)9-11/h3-6,11-12H,2,7-10,16H2,1H3. The molecule has 2 N–H and O–H groups in total. The van der Waals surface area contributed by atoms with Crippen molar-refractivity contribution in [2.75, 3.05) is 0 Å². The maximum atomic E-state index is 6.00. The summed E-state index contributed by atoms with van der Waals surface area (Å²) < 4.78 is 2.35. The minimum absolute atomic E-state index is 0.412. The minimum Gasteiger partial charge on any atom is -0.328 e. The zero-order valence-corrected chi connectivity index (χ0v) is 11.0. The van der Waals surface area contributed by atoms with E-state index in [0.717, 1.165) is 30.8 Å². The summed E-state index contributed by atoms with van der Waals surface area (Å²) in [5, 5.41) is 0. The van der Waals surface area contributed by atoms with Gasteiger partial charge in [0.1, 0.15) is 5.82 Å². The lowest BCUT2D eigenvalue weighted by Gasteiger charge is -2.10. The minimum atomic E-state index is 0.412. The summed E-state index contributed by atoms with van der Waals surface area (Å²) in [6, 6.07) is 8.83. The van der Waals surface area contributed by atoms with E-state index in [1.165, 1.54) is 24.2 Å². The Morgan fingerprint density at radius 1 is 1.33 bits per heavy atom. The maximum absolute atomic E-state index is 6.00. The molecule has 1 heterocycles. The quantitative estimate of drug-likeness (QED) is 0.900. The number of hydrogen-bond donors (Lipinski definition) is 1. The molecule has 0 amide bonds. The van der Waals surface area contributed by atoms with Gasteiger partial charge in [0.05, 0.1) is 11.0 Å². The van der Waals surface area contributed by atoms with Crippen molar-refractivity contribution in [2.24, 2.45) is 11.7 Å². The molecule has 1 aliphatic carbocycles. The number of fused-ring (bicyclic) bond motifs is 1. The van der Waals surface area contributed by atoms with E-state index in [4.69, 9.17) is 10.7 Å². The topological polar surface area (TPSA) is 43.8 Å². The van der Waals surface area contributed by atoms with Crippen molar-refractivity contribution >= 4 is 11.0 Å². The predicted molar refractivity (Wildman–Crippen MR) is 74.4 cm³/mol. The number of nitrogens with zero attached hydrogens (tertiary/aromatic N) is 2. The molecule has 0 saturated heterocycles. The van der Waals surface area contributed by atoms with Crippen LogP contribution in [-0.2, 0) is 13.0 Å². The third-order valence-corrected chi connectivity index (χ3v) is 4.10. The van der Waals surface area contributed by atoms with E-state index in [9.17, 15) is 0 Å². The lowest BCUT2D eigenvalue weighted by molar-refractivity contribution is 0.507. The average molecular weight is 243 g/mol. The predicted octanol–water partition coefficient (Wildman–Crippen LogP) is 2.73. The number of benzene rings is 1. The zero-order valence-electron chi connectivity index (χ0n) is 11.0. The van der Waals surface area contributed by atoms with E-state index in [2.05, 4.69) is 35.8 Å². The number of para-hydroxylation sites is 2. The van der Waals surface area contributed by atoms with Crippen LogP contribution in [0.1, 0.15) is 32.0 Å². The molecular formula is C15H21N3. The smallest absolute Gasteiger partial charge is 0.110 e. The molecule has 18 heavy (non-hydrogen) atoms. The molecule has 3 nitrogen and oxygen atoms in total. The molecule has 0 bridgehead atoms. The summed E-state index contributed by atoms with van der Waals surface area (Å²) >= 11 is 0. The van der Waals surface area contributed by atoms with Crippen molar-refractivity contribution < 1.29 is 0 Å². The van der Waals surface area contributed by atoms with Gasteiger partial charge in [-0.05, 0) is 44.2 Å². The van der Waals surface area contributed by atoms with Gasteiger partial charge in [-0.25, -0.2) is 4.98 Å². The van der Waals surface area contributed by atoms with Crippen molar-refractivity contribution in [1.82, 2.24) is 9.55 Å². The number of nitrogens with two attached hydrogens (primary N) is 1. The number of imidazole rings is 1. The Morgan fingerprint density at radius 2 is 2.17 bits per heavy atom. The molecule has 96 valence electrons. The first-order valence-corrected chi connectivity index (χ1v) is 6.97. The van der Waals surface area contributed by atoms with Crippen LogP contribution in [0.4, 0.5) is 0 Å². The van der Waals surface area contributed by atoms with Crippen LogP contribution in [0.5, 0.6) is 0 Å². The molecule has 1 saturated carbocycles. The molecule has 1 aromatic carbocycles. The second kappa shape index (κ2) is 4.73. The van der Waals surface area contributed by atoms with Gasteiger partial charge in [0.25, 0.3) is 0 Å². The van der Waals surface area contributed by atoms with Gasteiger partial charge in [-0.1, -0.05) is 12.1 Å². The van der Waals surface area contributed by atoms with E-state index in [0.29, 0.717) is 6.04 Å². The largest absolute Gasteiger partial charge is 0.328 e. The lowest BCUT2D eigenvalue weighted by atomic mass is 10.0. The average Bonchev–Trinajstić information content (AvgIpc) is 2.92. The van der Waals surface area contributed by atoms with Gasteiger partial charge in [-0.2, -0.15) is 0 Å². The van der Waals surface area contributed by atoms with E-state index in [1.807, 2.05) is 0 Å². The van der Waals surface area contributed by atoms with Gasteiger partial charge >= 0.3 is 0 Å². The van der Waals surface area contributed by atoms with E-state index < -0.39 is 0 Å². The molecule has 1 aromatic heterocycles. The Balaban J connectivity index is 1.91. The van der Waals surface area contributed by atoms with Crippen LogP contribution < -0.4 is 5.73 Å².